The van der Waals surface area contributed by atoms with Crippen LogP contribution in [0, 0.1) is 0 Å². The van der Waals surface area contributed by atoms with Gasteiger partial charge >= 0.3 is 6.03 Å². The summed E-state index contributed by atoms with van der Waals surface area (Å²) in [5, 5.41) is 13.3. The number of nitrogens with two attached hydrogens (primary N) is 2. The molecule has 0 spiro atoms. The fraction of sp³-hybridized carbons (Fsp3) is 0.577. The summed E-state index contributed by atoms with van der Waals surface area (Å²) in [6.07, 6.45) is 3.21. The second-order valence-corrected chi connectivity index (χ2v) is 9.46. The van der Waals surface area contributed by atoms with E-state index in [9.17, 15) is 24.0 Å². The highest BCUT2D eigenvalue weighted by Crippen LogP contribution is 2.14. The van der Waals surface area contributed by atoms with Crippen molar-refractivity contribution in [2.45, 2.75) is 56.7 Å². The van der Waals surface area contributed by atoms with Crippen LogP contribution in [0.3, 0.4) is 0 Å². The first-order valence-corrected chi connectivity index (χ1v) is 13.3. The number of piperidine rings is 1. The van der Waals surface area contributed by atoms with Gasteiger partial charge in [-0.2, -0.15) is 0 Å². The van der Waals surface area contributed by atoms with Gasteiger partial charge in [0.2, 0.25) is 23.6 Å². The van der Waals surface area contributed by atoms with Crippen LogP contribution >= 0.6 is 0 Å². The number of amides is 6. The molecule has 1 aliphatic heterocycles. The first-order chi connectivity index (χ1) is 18.8. The molecular formula is C26H42N8O5. The van der Waals surface area contributed by atoms with Crippen LogP contribution in [-0.2, 0) is 25.6 Å². The van der Waals surface area contributed by atoms with Gasteiger partial charge in [-0.1, -0.05) is 30.3 Å². The lowest BCUT2D eigenvalue weighted by Crippen LogP contribution is -2.55. The second-order valence-electron chi connectivity index (χ2n) is 9.46. The highest BCUT2D eigenvalue weighted by molar-refractivity contribution is 5.93. The summed E-state index contributed by atoms with van der Waals surface area (Å²) in [6.45, 7) is 0.746. The Balaban J connectivity index is 1.94. The number of rotatable bonds is 14. The molecule has 0 aromatic heterocycles. The van der Waals surface area contributed by atoms with Gasteiger partial charge in [-0.15, -0.1) is 0 Å². The van der Waals surface area contributed by atoms with Crippen molar-refractivity contribution >= 4 is 29.7 Å². The monoisotopic (exact) mass is 546 g/mol. The van der Waals surface area contributed by atoms with E-state index in [4.69, 9.17) is 11.5 Å². The van der Waals surface area contributed by atoms with Gasteiger partial charge in [0.25, 0.3) is 0 Å². The molecule has 39 heavy (non-hydrogen) atoms. The Morgan fingerprint density at radius 2 is 1.62 bits per heavy atom. The van der Waals surface area contributed by atoms with E-state index in [2.05, 4.69) is 26.6 Å². The van der Waals surface area contributed by atoms with Crippen LogP contribution in [-0.4, -0.2) is 92.5 Å². The van der Waals surface area contributed by atoms with E-state index >= 15 is 0 Å². The molecule has 1 fully saturated rings. The Morgan fingerprint density at radius 3 is 2.23 bits per heavy atom. The van der Waals surface area contributed by atoms with Gasteiger partial charge in [-0.25, -0.2) is 4.79 Å². The maximum atomic E-state index is 13.3. The first-order valence-electron chi connectivity index (χ1n) is 13.3. The number of hydrogen-bond acceptors (Lipinski definition) is 7. The standard InChI is InChI=1S/C26H42N8O5/c1-29-26(39)31-19-10-13-34(14-11-19)25(38)20(9-5-6-12-27)32-23(36)17-30-24(37)21(33-22(35)16-28)15-18-7-3-2-4-8-18/h2-4,7-8,19-21H,5-6,9-17,27-28H2,1H3,(H,30,37)(H,32,36)(H,33,35)(H2,29,31,39)/t20-,21-/m1/s1. The van der Waals surface area contributed by atoms with Gasteiger partial charge < -0.3 is 43.0 Å². The van der Waals surface area contributed by atoms with E-state index in [1.807, 2.05) is 30.3 Å². The molecule has 1 aromatic rings. The van der Waals surface area contributed by atoms with E-state index in [1.165, 1.54) is 0 Å². The van der Waals surface area contributed by atoms with Crippen molar-refractivity contribution < 1.29 is 24.0 Å². The van der Waals surface area contributed by atoms with Gasteiger partial charge in [-0.3, -0.25) is 19.2 Å². The largest absolute Gasteiger partial charge is 0.345 e. The minimum Gasteiger partial charge on any atom is -0.345 e. The summed E-state index contributed by atoms with van der Waals surface area (Å²) < 4.78 is 0. The number of nitrogens with one attached hydrogen (secondary N) is 5. The molecule has 6 amide bonds. The number of benzene rings is 1. The molecule has 13 nitrogen and oxygen atoms in total. The summed E-state index contributed by atoms with van der Waals surface area (Å²) >= 11 is 0. The molecule has 1 aliphatic rings. The molecular weight excluding hydrogens is 504 g/mol. The van der Waals surface area contributed by atoms with Crippen molar-refractivity contribution in [3.63, 3.8) is 0 Å². The minimum absolute atomic E-state index is 0.0295. The average molecular weight is 547 g/mol. The maximum Gasteiger partial charge on any atom is 0.314 e. The first kappa shape index (κ1) is 31.5. The van der Waals surface area contributed by atoms with Crippen molar-refractivity contribution in [2.75, 3.05) is 39.8 Å². The molecule has 1 aromatic carbocycles. The summed E-state index contributed by atoms with van der Waals surface area (Å²) in [5.41, 5.74) is 11.8. The van der Waals surface area contributed by atoms with Crippen molar-refractivity contribution in [2.24, 2.45) is 11.5 Å². The van der Waals surface area contributed by atoms with Crippen LogP contribution in [0.5, 0.6) is 0 Å². The molecule has 13 heteroatoms. The lowest BCUT2D eigenvalue weighted by atomic mass is 10.0. The van der Waals surface area contributed by atoms with Crippen LogP contribution in [0.4, 0.5) is 4.79 Å². The topological polar surface area (TPSA) is 201 Å². The maximum absolute atomic E-state index is 13.3. The Labute approximate surface area is 229 Å². The molecule has 1 heterocycles. The lowest BCUT2D eigenvalue weighted by molar-refractivity contribution is -0.137. The molecule has 0 saturated carbocycles. The van der Waals surface area contributed by atoms with Gasteiger partial charge in [0.05, 0.1) is 13.1 Å². The van der Waals surface area contributed by atoms with Crippen molar-refractivity contribution in [1.82, 2.24) is 31.5 Å². The molecule has 0 bridgehead atoms. The molecule has 0 aliphatic carbocycles. The quantitative estimate of drug-likeness (QED) is 0.135. The van der Waals surface area contributed by atoms with Crippen LogP contribution in [0.2, 0.25) is 0 Å². The molecule has 1 saturated heterocycles. The molecule has 0 unspecified atom stereocenters. The van der Waals surface area contributed by atoms with E-state index in [1.54, 1.807) is 11.9 Å². The molecule has 0 radical (unpaired) electrons. The number of carbonyl (C=O) groups is 5. The van der Waals surface area contributed by atoms with Gasteiger partial charge in [0.1, 0.15) is 12.1 Å². The number of unbranched alkanes of at least 4 members (excludes halogenated alkanes) is 1. The molecule has 2 rings (SSSR count). The van der Waals surface area contributed by atoms with Crippen LogP contribution in [0.1, 0.15) is 37.7 Å². The third kappa shape index (κ3) is 11.3. The smallest absolute Gasteiger partial charge is 0.314 e. The molecule has 2 atom stereocenters. The lowest BCUT2D eigenvalue weighted by Gasteiger charge is -2.34. The zero-order chi connectivity index (χ0) is 28.6. The van der Waals surface area contributed by atoms with E-state index in [0.29, 0.717) is 51.7 Å². The summed E-state index contributed by atoms with van der Waals surface area (Å²) in [5.74, 6) is -1.75. The number of nitrogens with zero attached hydrogens (tertiary/aromatic N) is 1. The van der Waals surface area contributed by atoms with Gasteiger partial charge in [0, 0.05) is 32.6 Å². The van der Waals surface area contributed by atoms with Crippen molar-refractivity contribution in [1.29, 1.82) is 0 Å². The van der Waals surface area contributed by atoms with Crippen LogP contribution in [0.15, 0.2) is 30.3 Å². The Hall–Kier alpha value is -3.71. The molecule has 9 N–H and O–H groups in total. The number of carbonyl (C=O) groups excluding carboxylic acids is 5. The average Bonchev–Trinajstić information content (AvgIpc) is 2.95. The van der Waals surface area contributed by atoms with Crippen LogP contribution < -0.4 is 38.1 Å². The van der Waals surface area contributed by atoms with E-state index in [0.717, 1.165) is 5.56 Å². The summed E-state index contributed by atoms with van der Waals surface area (Å²) in [6, 6.07) is 7.19. The van der Waals surface area contributed by atoms with Crippen molar-refractivity contribution in [3.8, 4) is 0 Å². The Kier molecular flexibility index (Phi) is 13.7. The Bertz CT molecular complexity index is 953. The zero-order valence-corrected chi connectivity index (χ0v) is 22.5. The predicted molar refractivity (Wildman–Crippen MR) is 146 cm³/mol. The van der Waals surface area contributed by atoms with Crippen LogP contribution in [0.25, 0.3) is 0 Å². The number of likely N-dealkylation sites (tertiary alicyclic amines) is 1. The number of urea groups is 1. The SMILES string of the molecule is CNC(=O)NC1CCN(C(=O)[C@@H](CCCCN)NC(=O)CNC(=O)[C@@H](Cc2ccccc2)NC(=O)CN)CC1. The normalized spacial score (nSPS) is 15.0. The minimum atomic E-state index is -0.914. The Morgan fingerprint density at radius 1 is 0.949 bits per heavy atom. The zero-order valence-electron chi connectivity index (χ0n) is 22.5. The molecule has 216 valence electrons. The van der Waals surface area contributed by atoms with E-state index in [-0.39, 0.29) is 37.5 Å². The van der Waals surface area contributed by atoms with E-state index < -0.39 is 29.8 Å². The highest BCUT2D eigenvalue weighted by Gasteiger charge is 2.30. The van der Waals surface area contributed by atoms with Gasteiger partial charge in [0.15, 0.2) is 0 Å². The predicted octanol–water partition coefficient (Wildman–Crippen LogP) is -1.68. The third-order valence-electron chi connectivity index (χ3n) is 6.49. The summed E-state index contributed by atoms with van der Waals surface area (Å²) in [4.78, 5) is 64.0. The third-order valence-corrected chi connectivity index (χ3v) is 6.49. The van der Waals surface area contributed by atoms with Gasteiger partial charge in [-0.05, 0) is 44.2 Å². The fourth-order valence-electron chi connectivity index (χ4n) is 4.32. The fourth-order valence-corrected chi connectivity index (χ4v) is 4.32. The highest BCUT2D eigenvalue weighted by atomic mass is 16.2. The second kappa shape index (κ2) is 17.0. The number of hydrogen-bond donors (Lipinski definition) is 7. The summed E-state index contributed by atoms with van der Waals surface area (Å²) in [7, 11) is 1.55. The van der Waals surface area contributed by atoms with Crippen molar-refractivity contribution in [3.05, 3.63) is 35.9 Å².